The summed E-state index contributed by atoms with van der Waals surface area (Å²) < 4.78 is 1.89. The van der Waals surface area contributed by atoms with E-state index < -0.39 is 17.7 Å². The Hall–Kier alpha value is -2.68. The number of primary amides is 1. The van der Waals surface area contributed by atoms with Gasteiger partial charge in [-0.1, -0.05) is 43.8 Å². The zero-order valence-electron chi connectivity index (χ0n) is 15.3. The summed E-state index contributed by atoms with van der Waals surface area (Å²) in [5, 5.41) is 11.2. The summed E-state index contributed by atoms with van der Waals surface area (Å²) in [6.07, 6.45) is 0.585. The highest BCUT2D eigenvalue weighted by Gasteiger charge is 2.17. The minimum Gasteiger partial charge on any atom is -0.370 e. The van der Waals surface area contributed by atoms with Crippen molar-refractivity contribution < 1.29 is 14.4 Å². The number of benzene rings is 1. The first-order valence-corrected chi connectivity index (χ1v) is 9.57. The summed E-state index contributed by atoms with van der Waals surface area (Å²) in [6, 6.07) is 8.54. The molecule has 3 N–H and O–H groups in total. The molecule has 0 aliphatic rings. The van der Waals surface area contributed by atoms with Crippen LogP contribution in [0.1, 0.15) is 36.5 Å². The first kappa shape index (κ1) is 20.6. The molecule has 8 nitrogen and oxygen atoms in total. The van der Waals surface area contributed by atoms with E-state index in [1.807, 2.05) is 4.57 Å². The number of carbonyl (C=O) groups is 3. The molecule has 1 aromatic heterocycles. The molecule has 2 rings (SSSR count). The smallest absolute Gasteiger partial charge is 0.257 e. The fourth-order valence-corrected chi connectivity index (χ4v) is 3.12. The van der Waals surface area contributed by atoms with E-state index in [2.05, 4.69) is 29.4 Å². The van der Waals surface area contributed by atoms with Crippen LogP contribution in [0.5, 0.6) is 0 Å². The van der Waals surface area contributed by atoms with Crippen LogP contribution in [-0.2, 0) is 22.6 Å². The van der Waals surface area contributed by atoms with Crippen LogP contribution in [0, 0.1) is 5.92 Å². The average Bonchev–Trinajstić information content (AvgIpc) is 3.00. The second kappa shape index (κ2) is 9.86. The van der Waals surface area contributed by atoms with Gasteiger partial charge in [0.05, 0.1) is 5.75 Å². The number of nitrogens with zero attached hydrogens (tertiary/aromatic N) is 3. The van der Waals surface area contributed by atoms with Gasteiger partial charge < -0.3 is 10.3 Å². The molecule has 27 heavy (non-hydrogen) atoms. The summed E-state index contributed by atoms with van der Waals surface area (Å²) >= 11 is 1.20. The van der Waals surface area contributed by atoms with E-state index in [4.69, 9.17) is 5.73 Å². The van der Waals surface area contributed by atoms with Crippen molar-refractivity contribution in [3.05, 3.63) is 41.7 Å². The molecule has 0 saturated carbocycles. The highest BCUT2D eigenvalue weighted by Crippen LogP contribution is 2.19. The van der Waals surface area contributed by atoms with Crippen LogP contribution in [0.25, 0.3) is 0 Å². The largest absolute Gasteiger partial charge is 0.370 e. The molecular weight excluding hydrogens is 366 g/mol. The monoisotopic (exact) mass is 389 g/mol. The normalized spacial score (nSPS) is 10.8. The third-order valence-electron chi connectivity index (χ3n) is 3.56. The molecule has 0 spiro atoms. The number of aryl methyl sites for hydroxylation is 1. The minimum absolute atomic E-state index is 0.0324. The molecule has 0 aliphatic carbocycles. The van der Waals surface area contributed by atoms with Crippen LogP contribution in [0.2, 0.25) is 0 Å². The van der Waals surface area contributed by atoms with Crippen molar-refractivity contribution in [2.45, 2.75) is 38.4 Å². The molecule has 144 valence electrons. The first-order chi connectivity index (χ1) is 12.9. The van der Waals surface area contributed by atoms with Crippen LogP contribution in [0.3, 0.4) is 0 Å². The molecule has 0 aliphatic heterocycles. The number of rotatable bonds is 9. The Bertz CT molecular complexity index is 805. The van der Waals surface area contributed by atoms with Gasteiger partial charge in [-0.25, -0.2) is 0 Å². The highest BCUT2D eigenvalue weighted by atomic mass is 32.2. The van der Waals surface area contributed by atoms with Crippen LogP contribution in [0.15, 0.2) is 35.5 Å². The lowest BCUT2D eigenvalue weighted by Gasteiger charge is -2.12. The van der Waals surface area contributed by atoms with Crippen LogP contribution >= 0.6 is 11.8 Å². The van der Waals surface area contributed by atoms with Crippen molar-refractivity contribution in [3.63, 3.8) is 0 Å². The van der Waals surface area contributed by atoms with Crippen LogP contribution in [0.4, 0.5) is 0 Å². The molecule has 0 radical (unpaired) electrons. The Kier molecular flexibility index (Phi) is 7.54. The van der Waals surface area contributed by atoms with Crippen molar-refractivity contribution in [2.24, 2.45) is 11.7 Å². The number of nitrogens with one attached hydrogen (secondary N) is 1. The van der Waals surface area contributed by atoms with Gasteiger partial charge in [-0.05, 0) is 18.1 Å². The van der Waals surface area contributed by atoms with E-state index in [0.29, 0.717) is 35.4 Å². The Labute approximate surface area is 161 Å². The van der Waals surface area contributed by atoms with Gasteiger partial charge in [0.25, 0.3) is 5.91 Å². The van der Waals surface area contributed by atoms with Gasteiger partial charge in [-0.15, -0.1) is 10.2 Å². The van der Waals surface area contributed by atoms with Gasteiger partial charge in [0.1, 0.15) is 5.82 Å². The molecule has 0 unspecified atom stereocenters. The maximum Gasteiger partial charge on any atom is 0.257 e. The topological polar surface area (TPSA) is 120 Å². The number of thioether (sulfide) groups is 1. The Balaban J connectivity index is 1.98. The molecule has 0 fully saturated rings. The zero-order chi connectivity index (χ0) is 19.8. The standard InChI is InChI=1S/C18H23N5O3S/c1-12(2)10-23-15(9-8-14(19)24)21-22-18(23)27-11-16(25)20-17(26)13-6-4-3-5-7-13/h3-7,12H,8-11H2,1-2H3,(H2,19,24)(H,20,25,26). The second-order valence-electron chi connectivity index (χ2n) is 6.40. The molecule has 2 aromatic rings. The van der Waals surface area contributed by atoms with Crippen molar-refractivity contribution in [1.82, 2.24) is 20.1 Å². The molecule has 0 atom stereocenters. The van der Waals surface area contributed by atoms with E-state index in [1.165, 1.54) is 11.8 Å². The Morgan fingerprint density at radius 2 is 1.89 bits per heavy atom. The fraction of sp³-hybridized carbons (Fsp3) is 0.389. The molecule has 0 bridgehead atoms. The van der Waals surface area contributed by atoms with Crippen molar-refractivity contribution >= 4 is 29.5 Å². The van der Waals surface area contributed by atoms with Gasteiger partial charge in [0.15, 0.2) is 5.16 Å². The SMILES string of the molecule is CC(C)Cn1c(CCC(N)=O)nnc1SCC(=O)NC(=O)c1ccccc1. The van der Waals surface area contributed by atoms with E-state index >= 15 is 0 Å². The Morgan fingerprint density at radius 3 is 2.52 bits per heavy atom. The van der Waals surface area contributed by atoms with Gasteiger partial charge in [-0.2, -0.15) is 0 Å². The van der Waals surface area contributed by atoms with Crippen LogP contribution < -0.4 is 11.1 Å². The average molecular weight is 389 g/mol. The van der Waals surface area contributed by atoms with Gasteiger partial charge in [0.2, 0.25) is 11.8 Å². The second-order valence-corrected chi connectivity index (χ2v) is 7.34. The number of hydrogen-bond acceptors (Lipinski definition) is 6. The summed E-state index contributed by atoms with van der Waals surface area (Å²) in [4.78, 5) is 35.1. The van der Waals surface area contributed by atoms with E-state index in [1.54, 1.807) is 30.3 Å². The highest BCUT2D eigenvalue weighted by molar-refractivity contribution is 7.99. The lowest BCUT2D eigenvalue weighted by molar-refractivity contribution is -0.118. The van der Waals surface area contributed by atoms with Crippen molar-refractivity contribution in [1.29, 1.82) is 0 Å². The third-order valence-corrected chi connectivity index (χ3v) is 4.52. The van der Waals surface area contributed by atoms with Crippen LogP contribution in [-0.4, -0.2) is 38.2 Å². The summed E-state index contributed by atoms with van der Waals surface area (Å²) in [7, 11) is 0. The summed E-state index contributed by atoms with van der Waals surface area (Å²) in [5.74, 6) is -0.224. The predicted molar refractivity (Wildman–Crippen MR) is 102 cm³/mol. The molecular formula is C18H23N5O3S. The zero-order valence-corrected chi connectivity index (χ0v) is 16.2. The lowest BCUT2D eigenvalue weighted by Crippen LogP contribution is -2.31. The maximum atomic E-state index is 12.1. The first-order valence-electron chi connectivity index (χ1n) is 8.59. The molecule has 3 amide bonds. The van der Waals surface area contributed by atoms with Gasteiger partial charge in [0, 0.05) is 24.9 Å². The third kappa shape index (κ3) is 6.52. The molecule has 0 saturated heterocycles. The van der Waals surface area contributed by atoms with E-state index in [-0.39, 0.29) is 12.2 Å². The van der Waals surface area contributed by atoms with Gasteiger partial charge >= 0.3 is 0 Å². The minimum atomic E-state index is -0.438. The number of imide groups is 1. The van der Waals surface area contributed by atoms with Crippen molar-refractivity contribution in [2.75, 3.05) is 5.75 Å². The lowest BCUT2D eigenvalue weighted by atomic mass is 10.2. The summed E-state index contributed by atoms with van der Waals surface area (Å²) in [6.45, 7) is 4.77. The number of nitrogens with two attached hydrogens (primary N) is 1. The number of amides is 3. The molecule has 9 heteroatoms. The molecule has 1 aromatic carbocycles. The fourth-order valence-electron chi connectivity index (χ4n) is 2.35. The van der Waals surface area contributed by atoms with E-state index in [0.717, 1.165) is 0 Å². The maximum absolute atomic E-state index is 12.1. The number of carbonyl (C=O) groups excluding carboxylic acids is 3. The molecule has 1 heterocycles. The predicted octanol–water partition coefficient (Wildman–Crippen LogP) is 1.40. The Morgan fingerprint density at radius 1 is 1.19 bits per heavy atom. The summed E-state index contributed by atoms with van der Waals surface area (Å²) in [5.41, 5.74) is 5.63. The van der Waals surface area contributed by atoms with Gasteiger partial charge in [-0.3, -0.25) is 19.7 Å². The number of hydrogen-bond donors (Lipinski definition) is 2. The number of aromatic nitrogens is 3. The van der Waals surface area contributed by atoms with E-state index in [9.17, 15) is 14.4 Å². The quantitative estimate of drug-likeness (QED) is 0.626. The van der Waals surface area contributed by atoms with Crippen molar-refractivity contribution in [3.8, 4) is 0 Å².